The lowest BCUT2D eigenvalue weighted by molar-refractivity contribution is -0.116. The van der Waals surface area contributed by atoms with Crippen LogP contribution < -0.4 is 9.62 Å². The number of aromatic nitrogens is 1. The Balaban J connectivity index is 1.86. The summed E-state index contributed by atoms with van der Waals surface area (Å²) in [5.41, 5.74) is 3.45. The van der Waals surface area contributed by atoms with Gasteiger partial charge in [-0.15, -0.1) is 11.3 Å². The number of sulfonamides is 1. The summed E-state index contributed by atoms with van der Waals surface area (Å²) in [6, 6.07) is 5.62. The SMILES string of the molecule is CCCC(=O)Nc1nc(-c2ccc3c(c2)CC(C)N3S(C)(=O)=O)cs1. The molecule has 0 radical (unpaired) electrons. The smallest absolute Gasteiger partial charge is 0.232 e. The van der Waals surface area contributed by atoms with E-state index >= 15 is 0 Å². The zero-order chi connectivity index (χ0) is 18.2. The van der Waals surface area contributed by atoms with Crippen LogP contribution in [0.25, 0.3) is 11.3 Å². The number of amides is 1. The first-order valence-corrected chi connectivity index (χ1v) is 10.9. The summed E-state index contributed by atoms with van der Waals surface area (Å²) >= 11 is 1.39. The van der Waals surface area contributed by atoms with Gasteiger partial charge in [0.15, 0.2) is 5.13 Å². The maximum atomic E-state index is 12.0. The molecule has 1 atom stereocenters. The Morgan fingerprint density at radius 2 is 2.20 bits per heavy atom. The van der Waals surface area contributed by atoms with E-state index in [9.17, 15) is 13.2 Å². The Morgan fingerprint density at radius 3 is 2.88 bits per heavy atom. The molecule has 0 saturated carbocycles. The number of hydrogen-bond acceptors (Lipinski definition) is 5. The highest BCUT2D eigenvalue weighted by molar-refractivity contribution is 7.92. The summed E-state index contributed by atoms with van der Waals surface area (Å²) in [6.07, 6.45) is 3.19. The van der Waals surface area contributed by atoms with Crippen LogP contribution in [0, 0.1) is 0 Å². The van der Waals surface area contributed by atoms with E-state index in [0.29, 0.717) is 18.0 Å². The molecule has 1 N–H and O–H groups in total. The first kappa shape index (κ1) is 17.9. The number of nitrogens with zero attached hydrogens (tertiary/aromatic N) is 2. The van der Waals surface area contributed by atoms with Crippen molar-refractivity contribution < 1.29 is 13.2 Å². The van der Waals surface area contributed by atoms with Gasteiger partial charge in [-0.2, -0.15) is 0 Å². The van der Waals surface area contributed by atoms with E-state index in [0.717, 1.165) is 28.9 Å². The van der Waals surface area contributed by atoms with Crippen LogP contribution in [0.2, 0.25) is 0 Å². The number of fused-ring (bicyclic) bond motifs is 1. The minimum Gasteiger partial charge on any atom is -0.302 e. The van der Waals surface area contributed by atoms with Crippen LogP contribution in [0.5, 0.6) is 0 Å². The van der Waals surface area contributed by atoms with Gasteiger partial charge in [-0.25, -0.2) is 13.4 Å². The van der Waals surface area contributed by atoms with Crippen LogP contribution >= 0.6 is 11.3 Å². The monoisotopic (exact) mass is 379 g/mol. The summed E-state index contributed by atoms with van der Waals surface area (Å²) in [6.45, 7) is 3.86. The lowest BCUT2D eigenvalue weighted by atomic mass is 10.1. The summed E-state index contributed by atoms with van der Waals surface area (Å²) in [5, 5.41) is 5.28. The van der Waals surface area contributed by atoms with Crippen molar-refractivity contribution >= 4 is 38.1 Å². The topological polar surface area (TPSA) is 79.4 Å². The predicted molar refractivity (Wildman–Crippen MR) is 102 cm³/mol. The third-order valence-corrected chi connectivity index (χ3v) is 6.14. The summed E-state index contributed by atoms with van der Waals surface area (Å²) in [4.78, 5) is 16.1. The highest BCUT2D eigenvalue weighted by atomic mass is 32.2. The van der Waals surface area contributed by atoms with Crippen molar-refractivity contribution in [3.8, 4) is 11.3 Å². The zero-order valence-corrected chi connectivity index (χ0v) is 16.1. The van der Waals surface area contributed by atoms with Gasteiger partial charge in [-0.3, -0.25) is 9.10 Å². The van der Waals surface area contributed by atoms with E-state index in [2.05, 4.69) is 10.3 Å². The van der Waals surface area contributed by atoms with Crippen LogP contribution in [-0.2, 0) is 21.2 Å². The average Bonchev–Trinajstić information content (AvgIpc) is 3.09. The van der Waals surface area contributed by atoms with Gasteiger partial charge in [-0.05, 0) is 37.5 Å². The van der Waals surface area contributed by atoms with Crippen LogP contribution in [0.15, 0.2) is 23.6 Å². The normalized spacial score (nSPS) is 16.8. The van der Waals surface area contributed by atoms with Gasteiger partial charge in [0.1, 0.15) is 0 Å². The maximum Gasteiger partial charge on any atom is 0.232 e. The molecule has 1 aromatic heterocycles. The summed E-state index contributed by atoms with van der Waals surface area (Å²) in [7, 11) is -3.29. The molecule has 0 bridgehead atoms. The molecule has 1 aliphatic heterocycles. The second-order valence-electron chi connectivity index (χ2n) is 6.29. The van der Waals surface area contributed by atoms with Gasteiger partial charge in [0.05, 0.1) is 17.6 Å². The molecule has 2 aromatic rings. The third-order valence-electron chi connectivity index (χ3n) is 4.11. The number of benzene rings is 1. The fourth-order valence-electron chi connectivity index (χ4n) is 3.14. The number of thiazole rings is 1. The van der Waals surface area contributed by atoms with E-state index in [1.54, 1.807) is 0 Å². The summed E-state index contributed by atoms with van der Waals surface area (Å²) < 4.78 is 25.5. The first-order valence-electron chi connectivity index (χ1n) is 8.17. The van der Waals surface area contributed by atoms with Crippen molar-refractivity contribution in [3.63, 3.8) is 0 Å². The molecule has 1 unspecified atom stereocenters. The van der Waals surface area contributed by atoms with Gasteiger partial charge in [0.2, 0.25) is 15.9 Å². The van der Waals surface area contributed by atoms with E-state index < -0.39 is 10.0 Å². The second-order valence-corrected chi connectivity index (χ2v) is 9.01. The molecule has 0 aliphatic carbocycles. The fourth-order valence-corrected chi connectivity index (χ4v) is 5.14. The minimum absolute atomic E-state index is 0.0324. The predicted octanol–water partition coefficient (Wildman–Crippen LogP) is 3.26. The molecule has 0 fully saturated rings. The first-order chi connectivity index (χ1) is 11.8. The molecule has 2 heterocycles. The number of carbonyl (C=O) groups is 1. The minimum atomic E-state index is -3.29. The maximum absolute atomic E-state index is 12.0. The molecule has 8 heteroatoms. The zero-order valence-electron chi connectivity index (χ0n) is 14.4. The van der Waals surface area contributed by atoms with Crippen LogP contribution in [0.3, 0.4) is 0 Å². The number of hydrogen-bond donors (Lipinski definition) is 1. The highest BCUT2D eigenvalue weighted by Crippen LogP contribution is 2.37. The lowest BCUT2D eigenvalue weighted by Crippen LogP contribution is -2.34. The van der Waals surface area contributed by atoms with Crippen molar-refractivity contribution in [1.29, 1.82) is 0 Å². The van der Waals surface area contributed by atoms with Gasteiger partial charge in [0, 0.05) is 23.4 Å². The Morgan fingerprint density at radius 1 is 1.44 bits per heavy atom. The third kappa shape index (κ3) is 3.69. The molecular formula is C17H21N3O3S2. The number of rotatable bonds is 5. The number of carbonyl (C=O) groups excluding carboxylic acids is 1. The van der Waals surface area contributed by atoms with Crippen molar-refractivity contribution in [2.75, 3.05) is 15.9 Å². The molecule has 1 aliphatic rings. The number of nitrogens with one attached hydrogen (secondary N) is 1. The van der Waals surface area contributed by atoms with Gasteiger partial charge in [-0.1, -0.05) is 13.0 Å². The fraction of sp³-hybridized carbons (Fsp3) is 0.412. The van der Waals surface area contributed by atoms with E-state index in [4.69, 9.17) is 0 Å². The number of anilines is 2. The molecule has 1 amide bonds. The van der Waals surface area contributed by atoms with E-state index in [-0.39, 0.29) is 11.9 Å². The Hall–Kier alpha value is -1.93. The van der Waals surface area contributed by atoms with Crippen molar-refractivity contribution in [3.05, 3.63) is 29.1 Å². The second kappa shape index (κ2) is 6.76. The molecule has 134 valence electrons. The molecular weight excluding hydrogens is 358 g/mol. The van der Waals surface area contributed by atoms with E-state index in [1.807, 2.05) is 37.4 Å². The van der Waals surface area contributed by atoms with E-state index in [1.165, 1.54) is 21.9 Å². The average molecular weight is 380 g/mol. The van der Waals surface area contributed by atoms with Crippen LogP contribution in [0.1, 0.15) is 32.3 Å². The molecule has 3 rings (SSSR count). The van der Waals surface area contributed by atoms with Crippen molar-refractivity contribution in [2.45, 2.75) is 39.2 Å². The molecule has 0 spiro atoms. The lowest BCUT2D eigenvalue weighted by Gasteiger charge is -2.21. The molecule has 25 heavy (non-hydrogen) atoms. The van der Waals surface area contributed by atoms with Crippen LogP contribution in [0.4, 0.5) is 10.8 Å². The largest absolute Gasteiger partial charge is 0.302 e. The Labute approximate surface area is 151 Å². The standard InChI is InChI=1S/C17H21N3O3S2/c1-4-5-16(21)19-17-18-14(10-24-17)12-6-7-15-13(9-12)8-11(2)20(15)25(3,22)23/h6-7,9-11H,4-5,8H2,1-3H3,(H,18,19,21). The van der Waals surface area contributed by atoms with Crippen molar-refractivity contribution in [1.82, 2.24) is 4.98 Å². The Kier molecular flexibility index (Phi) is 4.83. The van der Waals surface area contributed by atoms with Crippen molar-refractivity contribution in [2.24, 2.45) is 0 Å². The summed E-state index contributed by atoms with van der Waals surface area (Å²) in [5.74, 6) is -0.0324. The van der Waals surface area contributed by atoms with Gasteiger partial charge in [0.25, 0.3) is 0 Å². The van der Waals surface area contributed by atoms with Crippen LogP contribution in [-0.4, -0.2) is 31.6 Å². The molecule has 6 nitrogen and oxygen atoms in total. The Bertz CT molecular complexity index is 906. The molecule has 0 saturated heterocycles. The highest BCUT2D eigenvalue weighted by Gasteiger charge is 2.32. The molecule has 1 aromatic carbocycles. The quantitative estimate of drug-likeness (QED) is 0.865. The van der Waals surface area contributed by atoms with Gasteiger partial charge >= 0.3 is 0 Å². The van der Waals surface area contributed by atoms with Gasteiger partial charge < -0.3 is 5.32 Å².